The molecule has 0 saturated carbocycles. The first kappa shape index (κ1) is 41.9. The van der Waals surface area contributed by atoms with Crippen LogP contribution in [0.1, 0.15) is 112 Å². The van der Waals surface area contributed by atoms with Crippen molar-refractivity contribution in [1.29, 1.82) is 0 Å². The minimum absolute atomic E-state index is 0. The maximum atomic E-state index is 12.2. The average molecular weight is 911 g/mol. The summed E-state index contributed by atoms with van der Waals surface area (Å²) in [6.07, 6.45) is 7.87. The molecule has 6 aromatic rings. The molecule has 0 saturated heterocycles. The molecule has 1 N–H and O–H groups in total. The van der Waals surface area contributed by atoms with Gasteiger partial charge in [-0.3, -0.25) is 9.78 Å². The van der Waals surface area contributed by atoms with Gasteiger partial charge in [0.2, 0.25) is 0 Å². The molecule has 0 fully saturated rings. The van der Waals surface area contributed by atoms with Crippen molar-refractivity contribution in [3.05, 3.63) is 89.1 Å². The van der Waals surface area contributed by atoms with Crippen LogP contribution >= 0.6 is 22.7 Å². The second-order valence-electron chi connectivity index (χ2n) is 16.2. The van der Waals surface area contributed by atoms with Crippen molar-refractivity contribution in [3.63, 3.8) is 0 Å². The summed E-state index contributed by atoms with van der Waals surface area (Å²) in [7, 11) is 0. The summed E-state index contributed by atoms with van der Waals surface area (Å²) in [4.78, 5) is 18.5. The Hall–Kier alpha value is -2.89. The van der Waals surface area contributed by atoms with Crippen LogP contribution in [0.2, 0.25) is 0 Å². The second-order valence-corrected chi connectivity index (χ2v) is 18.4. The third kappa shape index (κ3) is 8.57. The van der Waals surface area contributed by atoms with E-state index in [9.17, 15) is 9.90 Å². The number of hydrogen-bond acceptors (Lipinski definition) is 5. The molecule has 52 heavy (non-hydrogen) atoms. The number of hydrogen-bond donors (Lipinski definition) is 1. The summed E-state index contributed by atoms with van der Waals surface area (Å²) in [5.74, 6) is 0.966. The van der Waals surface area contributed by atoms with E-state index in [4.69, 9.17) is 4.98 Å². The smallest absolute Gasteiger partial charge is 0.164 e. The largest absolute Gasteiger partial charge is 0.512 e. The minimum atomic E-state index is -0.337. The number of carbonyl (C=O) groups excluding carboxylic acids is 1. The zero-order valence-corrected chi connectivity index (χ0v) is 36.9. The fraction of sp³-hybridized carbons (Fsp3) is 0.435. The number of ketones is 1. The van der Waals surface area contributed by atoms with Crippen LogP contribution in [-0.2, 0) is 36.7 Å². The van der Waals surface area contributed by atoms with Crippen LogP contribution in [0.25, 0.3) is 52.3 Å². The van der Waals surface area contributed by atoms with Crippen LogP contribution in [-0.4, -0.2) is 15.9 Å². The summed E-state index contributed by atoms with van der Waals surface area (Å²) in [5, 5.41) is 16.6. The Morgan fingerprint density at radius 3 is 2.10 bits per heavy atom. The van der Waals surface area contributed by atoms with Crippen LogP contribution in [0.4, 0.5) is 0 Å². The number of thiophene rings is 2. The van der Waals surface area contributed by atoms with Gasteiger partial charge in [0.05, 0.1) is 0 Å². The van der Waals surface area contributed by atoms with Gasteiger partial charge in [-0.2, -0.15) is 0 Å². The van der Waals surface area contributed by atoms with Gasteiger partial charge >= 0.3 is 0 Å². The number of benzene rings is 3. The molecule has 3 nitrogen and oxygen atoms in total. The van der Waals surface area contributed by atoms with Crippen molar-refractivity contribution in [2.75, 3.05) is 0 Å². The van der Waals surface area contributed by atoms with Gasteiger partial charge in [-0.05, 0) is 78.5 Å². The van der Waals surface area contributed by atoms with Gasteiger partial charge < -0.3 is 5.11 Å². The fourth-order valence-corrected chi connectivity index (χ4v) is 9.24. The molecule has 6 heteroatoms. The number of aliphatic hydroxyl groups is 1. The average Bonchev–Trinajstić information content (AvgIpc) is 3.67. The van der Waals surface area contributed by atoms with Crippen LogP contribution in [0.3, 0.4) is 0 Å². The Kier molecular flexibility index (Phi) is 13.4. The van der Waals surface area contributed by atoms with Crippen molar-refractivity contribution in [2.45, 2.75) is 114 Å². The van der Waals surface area contributed by atoms with E-state index in [2.05, 4.69) is 95.3 Å². The Labute approximate surface area is 333 Å². The molecule has 0 bridgehead atoms. The number of rotatable bonds is 10. The summed E-state index contributed by atoms with van der Waals surface area (Å²) < 4.78 is 3.98. The minimum Gasteiger partial charge on any atom is -0.512 e. The monoisotopic (exact) mass is 911 g/mol. The van der Waals surface area contributed by atoms with E-state index in [1.54, 1.807) is 0 Å². The van der Waals surface area contributed by atoms with E-state index in [1.807, 2.05) is 70.4 Å². The number of aliphatic hydroxyl groups excluding tert-OH is 1. The molecular weight excluding hydrogens is 855 g/mol. The first-order valence-electron chi connectivity index (χ1n) is 18.7. The predicted octanol–water partition coefficient (Wildman–Crippen LogP) is 14.4. The van der Waals surface area contributed by atoms with Crippen molar-refractivity contribution < 1.29 is 30.0 Å². The quantitative estimate of drug-likeness (QED) is 0.0846. The van der Waals surface area contributed by atoms with E-state index >= 15 is 0 Å². The molecule has 0 aliphatic carbocycles. The molecule has 1 radical (unpaired) electrons. The summed E-state index contributed by atoms with van der Waals surface area (Å²) in [6.45, 7) is 23.5. The number of aromatic nitrogens is 1. The zero-order chi connectivity index (χ0) is 37.3. The van der Waals surface area contributed by atoms with E-state index in [0.29, 0.717) is 5.92 Å². The topological polar surface area (TPSA) is 50.2 Å². The predicted molar refractivity (Wildman–Crippen MR) is 225 cm³/mol. The standard InChI is InChI=1S/C31H28NS2.C15H28O2.Ir/c1-18(2)12-22-14-20-15-25-24-10-11-32-29(30(24)34-28(25)17-27(20)33-22)21-13-19-8-6-7-9-23(19)26(16-21)31(3,4)5;1-7-14(5,8-2)12(16)11-13(17)15(6,9-3)10-4;/h6-11,14-18H,12H2,1-5H3;11,16H,7-10H2,1-6H3;/q-1;;/b;12-11-;. The Morgan fingerprint density at radius 2 is 1.48 bits per heavy atom. The summed E-state index contributed by atoms with van der Waals surface area (Å²) >= 11 is 3.81. The van der Waals surface area contributed by atoms with E-state index < -0.39 is 0 Å². The molecule has 3 aromatic carbocycles. The van der Waals surface area contributed by atoms with Crippen LogP contribution in [0, 0.1) is 22.8 Å². The number of pyridine rings is 1. The Balaban J connectivity index is 0.000000289. The summed E-state index contributed by atoms with van der Waals surface area (Å²) in [6, 6.07) is 23.9. The maximum absolute atomic E-state index is 12.2. The van der Waals surface area contributed by atoms with Gasteiger partial charge in [0.25, 0.3) is 0 Å². The van der Waals surface area contributed by atoms with Gasteiger partial charge in [-0.1, -0.05) is 105 Å². The molecule has 0 unspecified atom stereocenters. The van der Waals surface area contributed by atoms with E-state index in [1.165, 1.54) is 52.2 Å². The molecule has 279 valence electrons. The van der Waals surface area contributed by atoms with Gasteiger partial charge in [0.1, 0.15) is 5.76 Å². The SMILES string of the molecule is CC(C)Cc1cc2cc3c(cc2s1)sc1c(-c2[c-]c4ccccc4c(C(C)(C)C)c2)nccc13.CCC(C)(CC)C(=O)/C=C(\O)C(C)(CC)CC.[Ir]. The van der Waals surface area contributed by atoms with Crippen molar-refractivity contribution in [3.8, 4) is 11.3 Å². The van der Waals surface area contributed by atoms with Crippen LogP contribution in [0.5, 0.6) is 0 Å². The first-order chi connectivity index (χ1) is 24.1. The molecule has 6 rings (SSSR count). The molecular formula is C46H56IrNO2S2-. The normalized spacial score (nSPS) is 12.8. The van der Waals surface area contributed by atoms with Crippen molar-refractivity contribution >= 4 is 69.5 Å². The molecule has 3 heterocycles. The third-order valence-corrected chi connectivity index (χ3v) is 13.4. The molecule has 3 aromatic heterocycles. The molecule has 0 aliphatic heterocycles. The Morgan fingerprint density at radius 1 is 0.827 bits per heavy atom. The molecule has 0 atom stereocenters. The van der Waals surface area contributed by atoms with Crippen LogP contribution in [0.15, 0.2) is 72.6 Å². The van der Waals surface area contributed by atoms with Gasteiger partial charge in [0.15, 0.2) is 5.78 Å². The first-order valence-corrected chi connectivity index (χ1v) is 20.4. The maximum Gasteiger partial charge on any atom is 0.164 e. The third-order valence-electron chi connectivity index (χ3n) is 11.1. The van der Waals surface area contributed by atoms with Crippen molar-refractivity contribution in [1.82, 2.24) is 4.98 Å². The van der Waals surface area contributed by atoms with Crippen LogP contribution < -0.4 is 0 Å². The fourth-order valence-electron chi connectivity index (χ4n) is 6.65. The molecule has 0 amide bonds. The number of fused-ring (bicyclic) bond motifs is 5. The number of nitrogens with zero attached hydrogens (tertiary/aromatic N) is 1. The second kappa shape index (κ2) is 16.6. The van der Waals surface area contributed by atoms with Gasteiger partial charge in [0, 0.05) is 73.3 Å². The molecule has 0 spiro atoms. The molecule has 0 aliphatic rings. The van der Waals surface area contributed by atoms with Crippen molar-refractivity contribution in [2.24, 2.45) is 16.7 Å². The van der Waals surface area contributed by atoms with Gasteiger partial charge in [-0.25, -0.2) is 0 Å². The van der Waals surface area contributed by atoms with E-state index in [0.717, 1.165) is 48.7 Å². The number of carbonyl (C=O) groups is 1. The van der Waals surface area contributed by atoms with E-state index in [-0.39, 0.29) is 47.9 Å². The van der Waals surface area contributed by atoms with Gasteiger partial charge in [-0.15, -0.1) is 51.8 Å². The zero-order valence-electron chi connectivity index (χ0n) is 32.9. The Bertz CT molecular complexity index is 2210. The number of allylic oxidation sites excluding steroid dienone is 2. The summed E-state index contributed by atoms with van der Waals surface area (Å²) in [5.41, 5.74) is 2.90.